The fraction of sp³-hybridized carbons (Fsp3) is 0.754. The van der Waals surface area contributed by atoms with E-state index in [9.17, 15) is 24.0 Å². The van der Waals surface area contributed by atoms with E-state index in [2.05, 4.69) is 55.4 Å². The monoisotopic (exact) mass is 1090 g/mol. The first-order valence-corrected chi connectivity index (χ1v) is 32.2. The molecule has 2 aromatic carbocycles. The molecule has 0 saturated heterocycles. The second kappa shape index (κ2) is 45.7. The van der Waals surface area contributed by atoms with Gasteiger partial charge in [-0.15, -0.1) is 0 Å². The van der Waals surface area contributed by atoms with Crippen molar-refractivity contribution in [2.75, 3.05) is 26.4 Å². The first kappa shape index (κ1) is 70.1. The number of carbonyl (C=O) groups is 5. The smallest absolute Gasteiger partial charge is 0.339 e. The van der Waals surface area contributed by atoms with Crippen LogP contribution in [-0.4, -0.2) is 56.1 Å². The largest absolute Gasteiger partial charge is 0.462 e. The van der Waals surface area contributed by atoms with E-state index in [1.165, 1.54) is 115 Å². The highest BCUT2D eigenvalue weighted by molar-refractivity contribution is 6.22. The van der Waals surface area contributed by atoms with Gasteiger partial charge in [0.1, 0.15) is 0 Å². The molecule has 0 heterocycles. The normalized spacial score (nSPS) is 11.5. The van der Waals surface area contributed by atoms with Crippen LogP contribution in [0, 0.1) is 23.7 Å². The van der Waals surface area contributed by atoms with E-state index in [1.54, 1.807) is 30.3 Å². The van der Waals surface area contributed by atoms with Crippen LogP contribution in [-0.2, 0) is 18.9 Å². The highest BCUT2D eigenvalue weighted by Gasteiger charge is 2.37. The van der Waals surface area contributed by atoms with Gasteiger partial charge in [-0.05, 0) is 55.4 Å². The number of esters is 4. The molecule has 0 fully saturated rings. The molecular formula is C69H114O9. The molecule has 0 aliphatic rings. The predicted octanol–water partition coefficient (Wildman–Crippen LogP) is 20.2. The van der Waals surface area contributed by atoms with Crippen molar-refractivity contribution in [1.82, 2.24) is 0 Å². The van der Waals surface area contributed by atoms with Crippen LogP contribution in [0.5, 0.6) is 0 Å². The highest BCUT2D eigenvalue weighted by atomic mass is 16.5. The second-order valence-electron chi connectivity index (χ2n) is 24.4. The zero-order valence-electron chi connectivity index (χ0n) is 51.2. The van der Waals surface area contributed by atoms with Crippen molar-refractivity contribution >= 4 is 29.7 Å². The van der Waals surface area contributed by atoms with Gasteiger partial charge in [-0.2, -0.15) is 0 Å². The number of hydrogen-bond acceptors (Lipinski definition) is 9. The molecule has 0 aliphatic heterocycles. The van der Waals surface area contributed by atoms with Crippen LogP contribution in [0.1, 0.15) is 344 Å². The van der Waals surface area contributed by atoms with Gasteiger partial charge >= 0.3 is 23.9 Å². The Morgan fingerprint density at radius 3 is 0.833 bits per heavy atom. The molecule has 0 spiro atoms. The third-order valence-electron chi connectivity index (χ3n) is 15.1. The molecule has 0 amide bonds. The maximum Gasteiger partial charge on any atom is 0.339 e. The molecule has 444 valence electrons. The van der Waals surface area contributed by atoms with Crippen LogP contribution >= 0.6 is 0 Å². The van der Waals surface area contributed by atoms with Gasteiger partial charge in [-0.1, -0.05) is 291 Å². The van der Waals surface area contributed by atoms with E-state index in [-0.39, 0.29) is 43.1 Å². The Morgan fingerprint density at radius 1 is 0.295 bits per heavy atom. The predicted molar refractivity (Wildman–Crippen MR) is 323 cm³/mol. The summed E-state index contributed by atoms with van der Waals surface area (Å²) in [6.45, 7) is 18.3. The van der Waals surface area contributed by atoms with Crippen molar-refractivity contribution in [3.8, 4) is 0 Å². The second-order valence-corrected chi connectivity index (χ2v) is 24.4. The average molecular weight is 1090 g/mol. The van der Waals surface area contributed by atoms with E-state index < -0.39 is 46.4 Å². The molecule has 0 aromatic heterocycles. The van der Waals surface area contributed by atoms with E-state index in [0.717, 1.165) is 120 Å². The first-order valence-electron chi connectivity index (χ1n) is 32.2. The molecule has 2 rings (SSSR count). The third-order valence-corrected chi connectivity index (χ3v) is 15.1. The Kier molecular flexibility index (Phi) is 41.1. The number of rotatable bonds is 50. The number of carbonyl (C=O) groups excluding carboxylic acids is 5. The Labute approximate surface area is 477 Å². The van der Waals surface area contributed by atoms with Gasteiger partial charge in [-0.25, -0.2) is 19.2 Å². The quantitative estimate of drug-likeness (QED) is 0.0276. The summed E-state index contributed by atoms with van der Waals surface area (Å²) in [4.78, 5) is 73.3. The van der Waals surface area contributed by atoms with Crippen molar-refractivity contribution in [3.05, 3.63) is 69.8 Å². The lowest BCUT2D eigenvalue weighted by atomic mass is 9.87. The molecule has 0 atom stereocenters. The Morgan fingerprint density at radius 2 is 0.538 bits per heavy atom. The number of ether oxygens (including phenoxy) is 4. The van der Waals surface area contributed by atoms with Gasteiger partial charge in [0, 0.05) is 11.1 Å². The molecule has 0 bridgehead atoms. The van der Waals surface area contributed by atoms with Crippen LogP contribution in [0.15, 0.2) is 36.4 Å². The molecule has 2 aromatic rings. The fourth-order valence-corrected chi connectivity index (χ4v) is 10.2. The first-order chi connectivity index (χ1) is 37.7. The topological polar surface area (TPSA) is 122 Å². The van der Waals surface area contributed by atoms with Gasteiger partial charge < -0.3 is 18.9 Å². The van der Waals surface area contributed by atoms with Gasteiger partial charge in [0.2, 0.25) is 0 Å². The van der Waals surface area contributed by atoms with Gasteiger partial charge in [0.15, 0.2) is 5.78 Å². The maximum absolute atomic E-state index is 14.8. The van der Waals surface area contributed by atoms with E-state index in [1.807, 2.05) is 0 Å². The van der Waals surface area contributed by atoms with Gasteiger partial charge in [0.25, 0.3) is 0 Å². The Hall–Kier alpha value is -4.01. The summed E-state index contributed by atoms with van der Waals surface area (Å²) in [5.41, 5.74) is -1.60. The molecule has 9 nitrogen and oxygen atoms in total. The minimum Gasteiger partial charge on any atom is -0.462 e. The number of ketones is 1. The van der Waals surface area contributed by atoms with Crippen molar-refractivity contribution < 1.29 is 42.9 Å². The molecule has 0 saturated carbocycles. The fourth-order valence-electron chi connectivity index (χ4n) is 10.2. The van der Waals surface area contributed by atoms with Crippen LogP contribution in [0.3, 0.4) is 0 Å². The lowest BCUT2D eigenvalue weighted by Gasteiger charge is -2.20. The standard InChI is InChI=1S/C69H114O9/c1-55(2)44-34-25-17-9-13-21-29-40-50-75-66(71)61-54-60(65(70)59-48-38-33-39-49-59)62(67(72)76-51-41-30-22-14-10-18-26-35-45-56(3)4)64(69(74)78-53-43-32-24-16-12-20-28-37-47-58(7)8)63(61)68(73)77-52-42-31-23-15-11-19-27-36-46-57(5)6/h33,38-39,48-49,54-58H,9-32,34-37,40-47,50-53H2,1-8H3. The van der Waals surface area contributed by atoms with Crippen molar-refractivity contribution in [3.63, 3.8) is 0 Å². The van der Waals surface area contributed by atoms with Gasteiger partial charge in [0.05, 0.1) is 48.7 Å². The molecule has 9 heteroatoms. The van der Waals surface area contributed by atoms with E-state index >= 15 is 0 Å². The number of hydrogen-bond donors (Lipinski definition) is 0. The average Bonchev–Trinajstić information content (AvgIpc) is 3.41. The molecular weight excluding hydrogens is 973 g/mol. The van der Waals surface area contributed by atoms with Crippen molar-refractivity contribution in [2.45, 2.75) is 287 Å². The van der Waals surface area contributed by atoms with Crippen LogP contribution in [0.25, 0.3) is 0 Å². The molecule has 0 N–H and O–H groups in total. The van der Waals surface area contributed by atoms with Crippen LogP contribution in [0.2, 0.25) is 0 Å². The number of benzene rings is 2. The summed E-state index contributed by atoms with van der Waals surface area (Å²) in [5.74, 6) is -1.42. The summed E-state index contributed by atoms with van der Waals surface area (Å²) in [6.07, 6.45) is 38.7. The summed E-state index contributed by atoms with van der Waals surface area (Å²) < 4.78 is 23.7. The van der Waals surface area contributed by atoms with E-state index in [4.69, 9.17) is 18.9 Å². The minimum absolute atomic E-state index is 0.0280. The number of unbranched alkanes of at least 4 members (excludes halogenated alkanes) is 28. The Balaban J connectivity index is 2.47. The molecule has 78 heavy (non-hydrogen) atoms. The van der Waals surface area contributed by atoms with Crippen molar-refractivity contribution in [1.29, 1.82) is 0 Å². The summed E-state index contributed by atoms with van der Waals surface area (Å²) in [5, 5.41) is 0. The minimum atomic E-state index is -0.984. The van der Waals surface area contributed by atoms with Crippen LogP contribution < -0.4 is 0 Å². The zero-order chi connectivity index (χ0) is 57.0. The highest BCUT2D eigenvalue weighted by Crippen LogP contribution is 2.31. The third kappa shape index (κ3) is 33.5. The summed E-state index contributed by atoms with van der Waals surface area (Å²) >= 11 is 0. The Bertz CT molecular complexity index is 1880. The van der Waals surface area contributed by atoms with E-state index in [0.29, 0.717) is 25.7 Å². The molecule has 0 aliphatic carbocycles. The maximum atomic E-state index is 14.8. The van der Waals surface area contributed by atoms with Gasteiger partial charge in [-0.3, -0.25) is 4.79 Å². The van der Waals surface area contributed by atoms with Crippen molar-refractivity contribution in [2.24, 2.45) is 23.7 Å². The molecule has 0 unspecified atom stereocenters. The molecule has 0 radical (unpaired) electrons. The summed E-state index contributed by atoms with van der Waals surface area (Å²) in [6, 6.07) is 9.67. The van der Waals surface area contributed by atoms with Crippen LogP contribution in [0.4, 0.5) is 0 Å². The SMILES string of the molecule is CC(C)CCCCCCCCCCOC(=O)c1cc(C(=O)c2ccccc2)c(C(=O)OCCCCCCCCCCC(C)C)c(C(=O)OCCCCCCCCCCC(C)C)c1C(=O)OCCCCCCCCCCC(C)C. The zero-order valence-corrected chi connectivity index (χ0v) is 51.2. The lowest BCUT2D eigenvalue weighted by Crippen LogP contribution is -2.27. The lowest BCUT2D eigenvalue weighted by molar-refractivity contribution is 0.0414. The summed E-state index contributed by atoms with van der Waals surface area (Å²) in [7, 11) is 0.